The maximum Gasteiger partial charge on any atom is 0.266 e. The minimum atomic E-state index is -2.72. The molecule has 1 aromatic carbocycles. The molecule has 14 heavy (non-hydrogen) atoms. The molecule has 1 aromatic rings. The lowest BCUT2D eigenvalue weighted by Gasteiger charge is -2.25. The molecule has 0 unspecified atom stereocenters. The summed E-state index contributed by atoms with van der Waals surface area (Å²) in [6.45, 7) is 0. The van der Waals surface area contributed by atoms with Gasteiger partial charge in [0.05, 0.1) is 5.56 Å². The van der Waals surface area contributed by atoms with Gasteiger partial charge < -0.3 is 0 Å². The fraction of sp³-hybridized carbons (Fsp3) is 0.455. The van der Waals surface area contributed by atoms with Crippen molar-refractivity contribution < 1.29 is 13.2 Å². The minimum Gasteiger partial charge on any atom is -0.206 e. The van der Waals surface area contributed by atoms with Gasteiger partial charge in [-0.2, -0.15) is 0 Å². The van der Waals surface area contributed by atoms with Gasteiger partial charge in [0.25, 0.3) is 6.43 Å². The van der Waals surface area contributed by atoms with E-state index >= 15 is 0 Å². The van der Waals surface area contributed by atoms with Crippen molar-refractivity contribution in [2.24, 2.45) is 0 Å². The van der Waals surface area contributed by atoms with Crippen LogP contribution >= 0.6 is 0 Å². The predicted octanol–water partition coefficient (Wildman–Crippen LogP) is 4.03. The van der Waals surface area contributed by atoms with E-state index in [1.165, 1.54) is 12.1 Å². The van der Waals surface area contributed by atoms with Gasteiger partial charge in [0.1, 0.15) is 5.82 Å². The largest absolute Gasteiger partial charge is 0.266 e. The molecule has 1 aliphatic rings. The maximum atomic E-state index is 13.1. The number of alkyl halides is 2. The SMILES string of the molecule is Fc1cc(C2CCC2)ccc1C(F)F. The van der Waals surface area contributed by atoms with Gasteiger partial charge in [-0.05, 0) is 30.4 Å². The fourth-order valence-corrected chi connectivity index (χ4v) is 1.72. The van der Waals surface area contributed by atoms with E-state index in [-0.39, 0.29) is 0 Å². The first-order valence-electron chi connectivity index (χ1n) is 4.76. The molecular formula is C11H11F3. The fourth-order valence-electron chi connectivity index (χ4n) is 1.72. The lowest BCUT2D eigenvalue weighted by Crippen LogP contribution is -2.09. The van der Waals surface area contributed by atoms with Crippen LogP contribution in [-0.4, -0.2) is 0 Å². The highest BCUT2D eigenvalue weighted by molar-refractivity contribution is 5.28. The van der Waals surface area contributed by atoms with Gasteiger partial charge in [0.15, 0.2) is 0 Å². The van der Waals surface area contributed by atoms with Gasteiger partial charge in [-0.25, -0.2) is 13.2 Å². The molecule has 0 aliphatic heterocycles. The number of rotatable bonds is 2. The zero-order valence-electron chi connectivity index (χ0n) is 7.64. The Morgan fingerprint density at radius 3 is 2.36 bits per heavy atom. The Labute approximate surface area is 80.7 Å². The maximum absolute atomic E-state index is 13.1. The summed E-state index contributed by atoms with van der Waals surface area (Å²) < 4.78 is 37.6. The van der Waals surface area contributed by atoms with Gasteiger partial charge in [0.2, 0.25) is 0 Å². The average molecular weight is 200 g/mol. The van der Waals surface area contributed by atoms with E-state index in [1.807, 2.05) is 0 Å². The lowest BCUT2D eigenvalue weighted by molar-refractivity contribution is 0.146. The molecule has 0 spiro atoms. The van der Waals surface area contributed by atoms with Crippen molar-refractivity contribution in [3.63, 3.8) is 0 Å². The van der Waals surface area contributed by atoms with Crippen LogP contribution in [0.3, 0.4) is 0 Å². The summed E-state index contributed by atoms with van der Waals surface area (Å²) in [6.07, 6.45) is 0.537. The van der Waals surface area contributed by atoms with E-state index in [9.17, 15) is 13.2 Å². The topological polar surface area (TPSA) is 0 Å². The number of hydrogen-bond donors (Lipinski definition) is 0. The molecule has 0 nitrogen and oxygen atoms in total. The molecule has 1 fully saturated rings. The first kappa shape index (κ1) is 9.56. The summed E-state index contributed by atoms with van der Waals surface area (Å²) in [5.41, 5.74) is 0.367. The minimum absolute atomic E-state index is 0.385. The lowest BCUT2D eigenvalue weighted by atomic mass is 9.80. The molecule has 0 atom stereocenters. The Bertz CT molecular complexity index is 329. The highest BCUT2D eigenvalue weighted by Gasteiger charge is 2.21. The Morgan fingerprint density at radius 2 is 1.93 bits per heavy atom. The van der Waals surface area contributed by atoms with E-state index in [1.54, 1.807) is 6.07 Å². The highest BCUT2D eigenvalue weighted by Crippen LogP contribution is 2.37. The van der Waals surface area contributed by atoms with Crippen molar-refractivity contribution in [3.05, 3.63) is 35.1 Å². The molecule has 0 aromatic heterocycles. The Morgan fingerprint density at radius 1 is 1.21 bits per heavy atom. The van der Waals surface area contributed by atoms with E-state index < -0.39 is 17.8 Å². The second kappa shape index (κ2) is 3.64. The molecule has 1 aliphatic carbocycles. The Kier molecular flexibility index (Phi) is 2.48. The third-order valence-corrected chi connectivity index (χ3v) is 2.84. The van der Waals surface area contributed by atoms with Crippen molar-refractivity contribution in [1.29, 1.82) is 0 Å². The van der Waals surface area contributed by atoms with E-state index in [0.29, 0.717) is 5.92 Å². The molecule has 1 saturated carbocycles. The third kappa shape index (κ3) is 1.63. The molecule has 0 saturated heterocycles. The molecule has 0 heterocycles. The monoisotopic (exact) mass is 200 g/mol. The number of hydrogen-bond acceptors (Lipinski definition) is 0. The van der Waals surface area contributed by atoms with Crippen LogP contribution in [0.5, 0.6) is 0 Å². The van der Waals surface area contributed by atoms with Crippen molar-refractivity contribution in [2.45, 2.75) is 31.6 Å². The van der Waals surface area contributed by atoms with Crippen molar-refractivity contribution in [2.75, 3.05) is 0 Å². The summed E-state index contributed by atoms with van der Waals surface area (Å²) in [5, 5.41) is 0. The van der Waals surface area contributed by atoms with Crippen LogP contribution in [-0.2, 0) is 0 Å². The van der Waals surface area contributed by atoms with Gasteiger partial charge >= 0.3 is 0 Å². The molecule has 76 valence electrons. The van der Waals surface area contributed by atoms with Crippen LogP contribution in [0.1, 0.15) is 42.7 Å². The van der Waals surface area contributed by atoms with E-state index in [4.69, 9.17) is 0 Å². The smallest absolute Gasteiger partial charge is 0.206 e. The van der Waals surface area contributed by atoms with Crippen LogP contribution in [0, 0.1) is 5.82 Å². The molecule has 3 heteroatoms. The molecule has 0 N–H and O–H groups in total. The van der Waals surface area contributed by atoms with Gasteiger partial charge in [-0.15, -0.1) is 0 Å². The van der Waals surface area contributed by atoms with Crippen LogP contribution in [0.2, 0.25) is 0 Å². The summed E-state index contributed by atoms with van der Waals surface area (Å²) in [4.78, 5) is 0. The standard InChI is InChI=1S/C11H11F3/c12-10-6-8(7-2-1-3-7)4-5-9(10)11(13)14/h4-7,11H,1-3H2. The third-order valence-electron chi connectivity index (χ3n) is 2.84. The summed E-state index contributed by atoms with van der Waals surface area (Å²) >= 11 is 0. The van der Waals surface area contributed by atoms with Crippen LogP contribution in [0.4, 0.5) is 13.2 Å². The zero-order valence-corrected chi connectivity index (χ0v) is 7.64. The van der Waals surface area contributed by atoms with Crippen molar-refractivity contribution in [1.82, 2.24) is 0 Å². The second-order valence-electron chi connectivity index (χ2n) is 3.71. The molecule has 0 bridgehead atoms. The summed E-state index contributed by atoms with van der Waals surface area (Å²) in [7, 11) is 0. The molecule has 0 radical (unpaired) electrons. The highest BCUT2D eigenvalue weighted by atomic mass is 19.3. The first-order valence-corrected chi connectivity index (χ1v) is 4.76. The molecule has 0 amide bonds. The van der Waals surface area contributed by atoms with Crippen molar-refractivity contribution in [3.8, 4) is 0 Å². The first-order chi connectivity index (χ1) is 6.68. The quantitative estimate of drug-likeness (QED) is 0.676. The molecular weight excluding hydrogens is 189 g/mol. The normalized spacial score (nSPS) is 17.1. The molecule has 2 rings (SSSR count). The number of benzene rings is 1. The second-order valence-corrected chi connectivity index (χ2v) is 3.71. The van der Waals surface area contributed by atoms with Gasteiger partial charge in [-0.1, -0.05) is 18.6 Å². The summed E-state index contributed by atoms with van der Waals surface area (Å²) in [6, 6.07) is 4.08. The Hall–Kier alpha value is -0.990. The van der Waals surface area contributed by atoms with Crippen LogP contribution < -0.4 is 0 Å². The van der Waals surface area contributed by atoms with Crippen LogP contribution in [0.25, 0.3) is 0 Å². The van der Waals surface area contributed by atoms with Gasteiger partial charge in [0, 0.05) is 0 Å². The predicted molar refractivity (Wildman–Crippen MR) is 47.9 cm³/mol. The van der Waals surface area contributed by atoms with Crippen molar-refractivity contribution >= 4 is 0 Å². The number of halogens is 3. The zero-order chi connectivity index (χ0) is 10.1. The van der Waals surface area contributed by atoms with E-state index in [2.05, 4.69) is 0 Å². The summed E-state index contributed by atoms with van der Waals surface area (Å²) in [5.74, 6) is -0.388. The van der Waals surface area contributed by atoms with E-state index in [0.717, 1.165) is 24.8 Å². The Balaban J connectivity index is 2.25. The van der Waals surface area contributed by atoms with Crippen LogP contribution in [0.15, 0.2) is 18.2 Å². The van der Waals surface area contributed by atoms with Gasteiger partial charge in [-0.3, -0.25) is 0 Å². The average Bonchev–Trinajstić information content (AvgIpc) is 2.00.